The van der Waals surface area contributed by atoms with Crippen LogP contribution in [0, 0.1) is 0 Å². The van der Waals surface area contributed by atoms with Crippen molar-refractivity contribution in [1.82, 2.24) is 0 Å². The molecule has 0 aliphatic heterocycles. The Hall–Kier alpha value is -2.36. The molecule has 0 radical (unpaired) electrons. The van der Waals surface area contributed by atoms with Gasteiger partial charge >= 0.3 is 7.48 Å². The molecule has 4 aromatic carbocycles. The zero-order valence-corrected chi connectivity index (χ0v) is 16.4. The van der Waals surface area contributed by atoms with Crippen molar-refractivity contribution in [3.63, 3.8) is 0 Å². The van der Waals surface area contributed by atoms with Gasteiger partial charge in [-0.1, -0.05) is 72.2 Å². The summed E-state index contributed by atoms with van der Waals surface area (Å²) in [5.41, 5.74) is -0.430. The van der Waals surface area contributed by atoms with Crippen LogP contribution in [0.25, 0.3) is 32.3 Å². The van der Waals surface area contributed by atoms with Crippen molar-refractivity contribution >= 4 is 45.3 Å². The Morgan fingerprint density at radius 1 is 0.741 bits per heavy atom. The molecule has 0 aromatic heterocycles. The van der Waals surface area contributed by atoms with Crippen LogP contribution >= 0.6 is 0 Å². The number of hydrogen-bond acceptors (Lipinski definition) is 2. The van der Waals surface area contributed by atoms with Crippen molar-refractivity contribution in [3.05, 3.63) is 66.7 Å². The fourth-order valence-corrected chi connectivity index (χ4v) is 3.40. The van der Waals surface area contributed by atoms with Crippen LogP contribution in [0.2, 0.25) is 0 Å². The second kappa shape index (κ2) is 6.37. The molecule has 4 aromatic rings. The standard InChI is InChI=1S/C24H25BO2/c1-23(2,26)24(3,4)27-25-19-14-13-17-10-12-18-11-9-16-7-5-6-8-20(16)22(18)21(17)15-19/h5-15,25-26H,1-4H3. The normalized spacial score (nSPS) is 12.8. The maximum Gasteiger partial charge on any atom is 0.309 e. The van der Waals surface area contributed by atoms with E-state index in [4.69, 9.17) is 4.65 Å². The average Bonchev–Trinajstić information content (AvgIpc) is 2.64. The lowest BCUT2D eigenvalue weighted by Crippen LogP contribution is -2.49. The summed E-state index contributed by atoms with van der Waals surface area (Å²) in [5, 5.41) is 17.9. The number of benzene rings is 4. The van der Waals surface area contributed by atoms with Crippen LogP contribution < -0.4 is 5.46 Å². The minimum Gasteiger partial charge on any atom is -0.427 e. The van der Waals surface area contributed by atoms with Gasteiger partial charge in [0.1, 0.15) is 0 Å². The Kier molecular flexibility index (Phi) is 4.25. The van der Waals surface area contributed by atoms with Crippen LogP contribution in [-0.4, -0.2) is 23.8 Å². The summed E-state index contributed by atoms with van der Waals surface area (Å²) in [4.78, 5) is 0. The first-order valence-electron chi connectivity index (χ1n) is 9.46. The van der Waals surface area contributed by atoms with Gasteiger partial charge in [0.2, 0.25) is 0 Å². The summed E-state index contributed by atoms with van der Waals surface area (Å²) in [6.45, 7) is 7.42. The van der Waals surface area contributed by atoms with E-state index in [-0.39, 0.29) is 0 Å². The summed E-state index contributed by atoms with van der Waals surface area (Å²) in [6.07, 6.45) is 0. The van der Waals surface area contributed by atoms with E-state index in [0.29, 0.717) is 7.48 Å². The van der Waals surface area contributed by atoms with Gasteiger partial charge in [-0.05, 0) is 60.0 Å². The third-order valence-corrected chi connectivity index (χ3v) is 5.86. The minimum absolute atomic E-state index is 0.466. The molecule has 2 nitrogen and oxygen atoms in total. The Balaban J connectivity index is 1.83. The van der Waals surface area contributed by atoms with E-state index in [1.54, 1.807) is 13.8 Å². The Labute approximate surface area is 161 Å². The summed E-state index contributed by atoms with van der Waals surface area (Å²) in [5.74, 6) is 0. The SMILES string of the molecule is CC(C)(O)C(C)(C)OBc1ccc2ccc3ccc4ccccc4c3c2c1. The van der Waals surface area contributed by atoms with E-state index < -0.39 is 11.2 Å². The Morgan fingerprint density at radius 2 is 1.33 bits per heavy atom. The zero-order chi connectivity index (χ0) is 19.2. The number of aliphatic hydroxyl groups is 1. The molecular formula is C24H25BO2. The van der Waals surface area contributed by atoms with Crippen LogP contribution in [-0.2, 0) is 4.65 Å². The molecule has 0 unspecified atom stereocenters. The third kappa shape index (κ3) is 3.22. The lowest BCUT2D eigenvalue weighted by atomic mass is 9.81. The molecule has 4 rings (SSSR count). The monoisotopic (exact) mass is 356 g/mol. The first-order chi connectivity index (χ1) is 12.8. The second-order valence-electron chi connectivity index (χ2n) is 8.36. The van der Waals surface area contributed by atoms with Crippen molar-refractivity contribution in [2.75, 3.05) is 0 Å². The number of rotatable bonds is 4. The maximum absolute atomic E-state index is 10.3. The average molecular weight is 356 g/mol. The molecule has 0 saturated heterocycles. The molecule has 1 N–H and O–H groups in total. The molecular weight excluding hydrogens is 331 g/mol. The van der Waals surface area contributed by atoms with Crippen molar-refractivity contribution in [3.8, 4) is 0 Å². The van der Waals surface area contributed by atoms with Crippen LogP contribution in [0.5, 0.6) is 0 Å². The molecule has 0 aliphatic rings. The second-order valence-corrected chi connectivity index (χ2v) is 8.36. The van der Waals surface area contributed by atoms with Gasteiger partial charge in [0.15, 0.2) is 0 Å². The predicted octanol–water partition coefficient (Wildman–Crippen LogP) is 4.69. The first kappa shape index (κ1) is 18.0. The van der Waals surface area contributed by atoms with Gasteiger partial charge in [0.05, 0.1) is 11.2 Å². The molecule has 3 heteroatoms. The highest BCUT2D eigenvalue weighted by atomic mass is 16.5. The van der Waals surface area contributed by atoms with Gasteiger partial charge in [-0.2, -0.15) is 0 Å². The van der Waals surface area contributed by atoms with Gasteiger partial charge < -0.3 is 9.76 Å². The molecule has 0 bridgehead atoms. The summed E-state index contributed by atoms with van der Waals surface area (Å²) in [7, 11) is 0.466. The third-order valence-electron chi connectivity index (χ3n) is 5.86. The molecule has 0 saturated carbocycles. The van der Waals surface area contributed by atoms with E-state index in [0.717, 1.165) is 5.46 Å². The lowest BCUT2D eigenvalue weighted by Gasteiger charge is -2.37. The number of fused-ring (bicyclic) bond motifs is 5. The highest BCUT2D eigenvalue weighted by molar-refractivity contribution is 6.48. The number of hydrogen-bond donors (Lipinski definition) is 1. The highest BCUT2D eigenvalue weighted by Crippen LogP contribution is 2.31. The molecule has 0 aliphatic carbocycles. The van der Waals surface area contributed by atoms with Gasteiger partial charge in [-0.15, -0.1) is 0 Å². The van der Waals surface area contributed by atoms with Gasteiger partial charge in [0.25, 0.3) is 0 Å². The fourth-order valence-electron chi connectivity index (χ4n) is 3.40. The van der Waals surface area contributed by atoms with Crippen molar-refractivity contribution in [1.29, 1.82) is 0 Å². The molecule has 0 spiro atoms. The first-order valence-corrected chi connectivity index (χ1v) is 9.46. The largest absolute Gasteiger partial charge is 0.427 e. The van der Waals surface area contributed by atoms with E-state index in [9.17, 15) is 5.11 Å². The topological polar surface area (TPSA) is 29.5 Å². The Morgan fingerprint density at radius 3 is 2.04 bits per heavy atom. The molecule has 0 atom stereocenters. The highest BCUT2D eigenvalue weighted by Gasteiger charge is 2.35. The van der Waals surface area contributed by atoms with Gasteiger partial charge in [-0.3, -0.25) is 0 Å². The smallest absolute Gasteiger partial charge is 0.309 e. The fraction of sp³-hybridized carbons (Fsp3) is 0.250. The van der Waals surface area contributed by atoms with Crippen LogP contribution in [0.3, 0.4) is 0 Å². The molecule has 0 fully saturated rings. The van der Waals surface area contributed by atoms with Gasteiger partial charge in [0, 0.05) is 0 Å². The molecule has 0 amide bonds. The van der Waals surface area contributed by atoms with E-state index >= 15 is 0 Å². The van der Waals surface area contributed by atoms with E-state index in [1.807, 2.05) is 13.8 Å². The summed E-state index contributed by atoms with van der Waals surface area (Å²) < 4.78 is 6.08. The Bertz CT molecular complexity index is 1130. The molecule has 27 heavy (non-hydrogen) atoms. The molecule has 0 heterocycles. The predicted molar refractivity (Wildman–Crippen MR) is 117 cm³/mol. The van der Waals surface area contributed by atoms with Crippen LogP contribution in [0.4, 0.5) is 0 Å². The quantitative estimate of drug-likeness (QED) is 0.425. The van der Waals surface area contributed by atoms with Crippen molar-refractivity contribution in [2.24, 2.45) is 0 Å². The minimum atomic E-state index is -0.910. The van der Waals surface area contributed by atoms with Crippen LogP contribution in [0.1, 0.15) is 27.7 Å². The van der Waals surface area contributed by atoms with Crippen LogP contribution in [0.15, 0.2) is 66.7 Å². The van der Waals surface area contributed by atoms with Gasteiger partial charge in [-0.25, -0.2) is 0 Å². The molecule has 136 valence electrons. The van der Waals surface area contributed by atoms with E-state index in [1.165, 1.54) is 32.3 Å². The van der Waals surface area contributed by atoms with Crippen molar-refractivity contribution < 1.29 is 9.76 Å². The lowest BCUT2D eigenvalue weighted by molar-refractivity contribution is -0.0893. The van der Waals surface area contributed by atoms with Crippen molar-refractivity contribution in [2.45, 2.75) is 38.9 Å². The van der Waals surface area contributed by atoms with E-state index in [2.05, 4.69) is 66.7 Å². The summed E-state index contributed by atoms with van der Waals surface area (Å²) >= 11 is 0. The zero-order valence-electron chi connectivity index (χ0n) is 16.4. The maximum atomic E-state index is 10.3. The summed E-state index contributed by atoms with van der Waals surface area (Å²) in [6, 6.07) is 23.8.